The van der Waals surface area contributed by atoms with Crippen molar-refractivity contribution in [3.8, 4) is 52.2 Å². The molecule has 0 aliphatic rings. The van der Waals surface area contributed by atoms with Crippen LogP contribution in [0.2, 0.25) is 5.02 Å². The molecule has 12 N–H and O–H groups in total. The van der Waals surface area contributed by atoms with Crippen molar-refractivity contribution in [2.75, 3.05) is 48.6 Å². The van der Waals surface area contributed by atoms with Crippen LogP contribution in [0.4, 0.5) is 35.7 Å². The Bertz CT molecular complexity index is 6340. The fourth-order valence-electron chi connectivity index (χ4n) is 12.1. The lowest BCUT2D eigenvalue weighted by molar-refractivity contribution is 0.310. The van der Waals surface area contributed by atoms with Gasteiger partial charge in [0, 0.05) is 122 Å². The molecule has 0 aliphatic carbocycles. The molecule has 0 fully saturated rings. The second kappa shape index (κ2) is 33.4. The molecule has 27 nitrogen and oxygen atoms in total. The number of benzene rings is 7. The van der Waals surface area contributed by atoms with Gasteiger partial charge < -0.3 is 76.0 Å². The Labute approximate surface area is 647 Å². The zero-order chi connectivity index (χ0) is 76.9. The Balaban J connectivity index is 0.000000111. The molecule has 7 aromatic carbocycles. The van der Waals surface area contributed by atoms with Crippen LogP contribution in [0.3, 0.4) is 0 Å². The van der Waals surface area contributed by atoms with E-state index in [0.717, 1.165) is 122 Å². The molecule has 19 rings (SSSR count). The van der Waals surface area contributed by atoms with Crippen molar-refractivity contribution in [1.29, 1.82) is 0 Å². The van der Waals surface area contributed by atoms with Crippen LogP contribution in [0.15, 0.2) is 291 Å². The van der Waals surface area contributed by atoms with Crippen molar-refractivity contribution < 1.29 is 14.2 Å². The van der Waals surface area contributed by atoms with Crippen molar-refractivity contribution in [1.82, 2.24) is 87.2 Å². The fraction of sp³-hybridized carbons (Fsp3) is 0.0488. The summed E-state index contributed by atoms with van der Waals surface area (Å²) in [6.45, 7) is 2.62. The molecule has 0 unspecified atom stereocenters. The van der Waals surface area contributed by atoms with Crippen molar-refractivity contribution in [2.45, 2.75) is 13.5 Å². The highest BCUT2D eigenvalue weighted by atomic mass is 79.9. The van der Waals surface area contributed by atoms with Crippen molar-refractivity contribution >= 4 is 129 Å². The summed E-state index contributed by atoms with van der Waals surface area (Å²) in [4.78, 5) is 48.7. The van der Waals surface area contributed by atoms with Gasteiger partial charge in [-0.3, -0.25) is 0 Å². The Morgan fingerprint density at radius 1 is 0.333 bits per heavy atom. The number of halogens is 2. The number of aryl methyl sites for hydroxylation is 1. The summed E-state index contributed by atoms with van der Waals surface area (Å²) >= 11 is 9.45. The van der Waals surface area contributed by atoms with Gasteiger partial charge in [0.2, 0.25) is 35.7 Å². The predicted molar refractivity (Wildman–Crippen MR) is 441 cm³/mol. The van der Waals surface area contributed by atoms with Gasteiger partial charge in [0.1, 0.15) is 58.8 Å². The average Bonchev–Trinajstić information content (AvgIpc) is 1.69. The number of anilines is 6. The van der Waals surface area contributed by atoms with E-state index in [1.807, 2.05) is 228 Å². The number of nitrogens with two attached hydrogens (primary N) is 6. The maximum atomic E-state index is 6.01. The highest BCUT2D eigenvalue weighted by molar-refractivity contribution is 9.10. The van der Waals surface area contributed by atoms with Gasteiger partial charge in [-0.15, -0.1) is 0 Å². The maximum absolute atomic E-state index is 6.01. The Kier molecular flexibility index (Phi) is 22.0. The first-order chi connectivity index (χ1) is 54.1. The third-order valence-electron chi connectivity index (χ3n) is 17.3. The standard InChI is InChI=1S/C19H16N4O.2C13H12N4O.C13H12N4.C12H9BrN4.C12H9ClN4/c20-19-21-11-9-18(22-19)23-12-10-15-16(23)7-4-8-17(15)24-13-14-5-2-1-3-6-14;1-18-10-2-3-11-9(8-10)5-7-17(11)12-4-6-15-13(14)16-12;1-18-10-3-2-9-5-7-17(11(9)8-10)12-4-6-15-13(14)16-12;1-9-2-3-11-10(8-9)5-7-17(11)12-4-6-15-13(14)16-12;13-9-1-2-10-8(7-9)4-6-17(10)11-3-5-15-12(14)16-11;13-9-2-1-8-4-6-17(10(8)7-9)11-3-5-15-12(14)16-11/h1-12H,13H2,(H2,20,21,22);2*2-8H,1H3,(H2,14,15,16);2-8H,1H3,(H2,14,15,16);2*1-7H,(H2,14,15,16). The van der Waals surface area contributed by atoms with E-state index < -0.39 is 0 Å². The molecule has 12 heterocycles. The summed E-state index contributed by atoms with van der Waals surface area (Å²) in [6, 6.07) is 69.2. The van der Waals surface area contributed by atoms with E-state index in [0.29, 0.717) is 11.6 Å². The van der Waals surface area contributed by atoms with E-state index in [9.17, 15) is 0 Å². The highest BCUT2D eigenvalue weighted by Crippen LogP contribution is 2.32. The molecule has 12 aromatic heterocycles. The largest absolute Gasteiger partial charge is 0.497 e. The zero-order valence-electron chi connectivity index (χ0n) is 59.8. The third kappa shape index (κ3) is 17.2. The Morgan fingerprint density at radius 2 is 0.712 bits per heavy atom. The van der Waals surface area contributed by atoms with Crippen LogP contribution in [0.1, 0.15) is 11.1 Å². The summed E-state index contributed by atoms with van der Waals surface area (Å²) in [5, 5.41) is 7.38. The molecule has 0 spiro atoms. The molecule has 0 saturated heterocycles. The van der Waals surface area contributed by atoms with Crippen LogP contribution in [0.25, 0.3) is 100 Å². The highest BCUT2D eigenvalue weighted by Gasteiger charge is 2.14. The number of nitrogen functional groups attached to an aromatic ring is 6. The average molecular weight is 1550 g/mol. The lowest BCUT2D eigenvalue weighted by Crippen LogP contribution is -2.01. The smallest absolute Gasteiger partial charge is 0.221 e. The molecule has 0 bridgehead atoms. The first-order valence-corrected chi connectivity index (χ1v) is 35.5. The lowest BCUT2D eigenvalue weighted by atomic mass is 10.2. The minimum absolute atomic E-state index is 0.255. The summed E-state index contributed by atoms with van der Waals surface area (Å²) in [5.41, 5.74) is 42.3. The number of methoxy groups -OCH3 is 2. The van der Waals surface area contributed by atoms with Gasteiger partial charge in [-0.1, -0.05) is 81.6 Å². The molecule has 550 valence electrons. The van der Waals surface area contributed by atoms with Gasteiger partial charge in [-0.25, -0.2) is 29.9 Å². The summed E-state index contributed by atoms with van der Waals surface area (Å²) in [5.74, 6) is 8.62. The normalized spacial score (nSPS) is 10.8. The third-order valence-corrected chi connectivity index (χ3v) is 18.0. The predicted octanol–water partition coefficient (Wildman–Crippen LogP) is 15.3. The molecule has 19 aromatic rings. The molecule has 29 heteroatoms. The zero-order valence-corrected chi connectivity index (χ0v) is 62.2. The summed E-state index contributed by atoms with van der Waals surface area (Å²) < 4.78 is 29.3. The second-order valence-corrected chi connectivity index (χ2v) is 25.9. The van der Waals surface area contributed by atoms with Gasteiger partial charge in [0.25, 0.3) is 0 Å². The van der Waals surface area contributed by atoms with Crippen molar-refractivity contribution in [3.63, 3.8) is 0 Å². The van der Waals surface area contributed by atoms with E-state index >= 15 is 0 Å². The Morgan fingerprint density at radius 3 is 1.18 bits per heavy atom. The number of fused-ring (bicyclic) bond motifs is 6. The summed E-state index contributed by atoms with van der Waals surface area (Å²) in [7, 11) is 3.31. The van der Waals surface area contributed by atoms with Gasteiger partial charge >= 0.3 is 0 Å². The topological polar surface area (TPSA) is 368 Å². The lowest BCUT2D eigenvalue weighted by Gasteiger charge is -2.09. The number of hydrogen-bond acceptors (Lipinski definition) is 21. The maximum Gasteiger partial charge on any atom is 0.221 e. The van der Waals surface area contributed by atoms with Crippen LogP contribution >= 0.6 is 27.5 Å². The number of nitrogens with zero attached hydrogens (tertiary/aromatic N) is 18. The second-order valence-electron chi connectivity index (χ2n) is 24.5. The van der Waals surface area contributed by atoms with E-state index in [1.54, 1.807) is 57.5 Å². The minimum Gasteiger partial charge on any atom is -0.497 e. The fourth-order valence-corrected chi connectivity index (χ4v) is 12.7. The summed E-state index contributed by atoms with van der Waals surface area (Å²) in [6.07, 6.45) is 21.6. The monoisotopic (exact) mass is 1550 g/mol. The molecule has 111 heavy (non-hydrogen) atoms. The van der Waals surface area contributed by atoms with Crippen LogP contribution in [-0.4, -0.2) is 101 Å². The van der Waals surface area contributed by atoms with Crippen molar-refractivity contribution in [2.24, 2.45) is 0 Å². The van der Waals surface area contributed by atoms with Gasteiger partial charge in [0.05, 0.1) is 47.3 Å². The van der Waals surface area contributed by atoms with Crippen molar-refractivity contribution in [3.05, 3.63) is 307 Å². The van der Waals surface area contributed by atoms with Crippen LogP contribution < -0.4 is 48.6 Å². The number of aromatic nitrogens is 18. The van der Waals surface area contributed by atoms with Gasteiger partial charge in [0.15, 0.2) is 0 Å². The minimum atomic E-state index is 0.255. The van der Waals surface area contributed by atoms with E-state index in [1.165, 1.54) is 10.9 Å². The quantitative estimate of drug-likeness (QED) is 0.0700. The molecular weight excluding hydrogens is 1480 g/mol. The number of ether oxygens (including phenoxy) is 3. The molecular formula is C82H70BrClN24O3. The first-order valence-electron chi connectivity index (χ1n) is 34.3. The first kappa shape index (κ1) is 73.1. The molecule has 0 amide bonds. The SMILES string of the molecule is COc1ccc2c(ccn2-c2ccnc(N)n2)c1.COc1ccc2ccn(-c3ccnc(N)n3)c2c1.Cc1ccc2c(ccn2-c2ccnc(N)n2)c1.Nc1nccc(-n2ccc3c(OCc4ccccc4)cccc32)n1.Nc1nccc(-n2ccc3cc(Br)ccc32)n1.Nc1nccc(-n2ccc3ccc(Cl)cc32)n1. The van der Waals surface area contributed by atoms with Crippen LogP contribution in [0, 0.1) is 6.92 Å². The van der Waals surface area contributed by atoms with E-state index in [2.05, 4.69) is 125 Å². The van der Waals surface area contributed by atoms with E-state index in [-0.39, 0.29) is 35.7 Å². The number of rotatable bonds is 11. The van der Waals surface area contributed by atoms with Crippen LogP contribution in [-0.2, 0) is 6.61 Å². The molecule has 0 saturated carbocycles. The van der Waals surface area contributed by atoms with Gasteiger partial charge in [-0.05, 0) is 170 Å². The Hall–Kier alpha value is -14.8. The van der Waals surface area contributed by atoms with E-state index in [4.69, 9.17) is 60.2 Å². The number of hydrogen-bond donors (Lipinski definition) is 6. The molecule has 0 radical (unpaired) electrons. The molecule has 0 aliphatic heterocycles. The molecule has 0 atom stereocenters. The van der Waals surface area contributed by atoms with Gasteiger partial charge in [-0.2, -0.15) is 29.9 Å². The van der Waals surface area contributed by atoms with Crippen LogP contribution in [0.5, 0.6) is 17.2 Å².